The number of aromatic nitrogens is 1. The van der Waals surface area contributed by atoms with E-state index in [2.05, 4.69) is 4.98 Å². The van der Waals surface area contributed by atoms with Crippen molar-refractivity contribution in [1.29, 1.82) is 0 Å². The summed E-state index contributed by atoms with van der Waals surface area (Å²) in [7, 11) is 0. The highest BCUT2D eigenvalue weighted by molar-refractivity contribution is 5.88. The highest BCUT2D eigenvalue weighted by atomic mass is 16.6. The van der Waals surface area contributed by atoms with E-state index in [1.807, 2.05) is 6.08 Å². The molecule has 26 heavy (non-hydrogen) atoms. The van der Waals surface area contributed by atoms with Crippen LogP contribution in [0.3, 0.4) is 0 Å². The Labute approximate surface area is 148 Å². The largest absolute Gasteiger partial charge is 0.482 e. The molecule has 7 nitrogen and oxygen atoms in total. The molecule has 1 N–H and O–H groups in total. The van der Waals surface area contributed by atoms with Gasteiger partial charge in [-0.1, -0.05) is 36.4 Å². The van der Waals surface area contributed by atoms with Crippen molar-refractivity contribution < 1.29 is 19.6 Å². The Bertz CT molecular complexity index is 996. The highest BCUT2D eigenvalue weighted by Gasteiger charge is 2.12. The fourth-order valence-corrected chi connectivity index (χ4v) is 2.39. The zero-order valence-electron chi connectivity index (χ0n) is 13.5. The van der Waals surface area contributed by atoms with Crippen molar-refractivity contribution in [2.24, 2.45) is 0 Å². The lowest BCUT2D eigenvalue weighted by molar-refractivity contribution is -0.383. The molecule has 0 amide bonds. The average Bonchev–Trinajstić information content (AvgIpc) is 2.64. The third-order valence-electron chi connectivity index (χ3n) is 3.61. The van der Waals surface area contributed by atoms with E-state index in [1.165, 1.54) is 6.07 Å². The van der Waals surface area contributed by atoms with Crippen molar-refractivity contribution in [3.8, 4) is 5.75 Å². The first-order valence-electron chi connectivity index (χ1n) is 7.70. The number of para-hydroxylation sites is 1. The number of non-ortho nitro benzene ring substituents is 1. The molecule has 0 bridgehead atoms. The van der Waals surface area contributed by atoms with Gasteiger partial charge in [0.15, 0.2) is 6.61 Å². The second-order valence-electron chi connectivity index (χ2n) is 5.43. The second kappa shape index (κ2) is 7.43. The Morgan fingerprint density at radius 3 is 2.58 bits per heavy atom. The number of carboxylic acids is 1. The Morgan fingerprint density at radius 2 is 1.88 bits per heavy atom. The smallest absolute Gasteiger partial charge is 0.341 e. The molecule has 0 radical (unpaired) electrons. The van der Waals surface area contributed by atoms with E-state index in [0.717, 1.165) is 5.56 Å². The number of pyridine rings is 1. The van der Waals surface area contributed by atoms with Gasteiger partial charge >= 0.3 is 5.97 Å². The van der Waals surface area contributed by atoms with Crippen molar-refractivity contribution >= 4 is 34.7 Å². The van der Waals surface area contributed by atoms with E-state index in [-0.39, 0.29) is 5.69 Å². The minimum absolute atomic E-state index is 0.0299. The summed E-state index contributed by atoms with van der Waals surface area (Å²) in [6, 6.07) is 15.3. The molecule has 0 saturated heterocycles. The first-order chi connectivity index (χ1) is 12.5. The van der Waals surface area contributed by atoms with Crippen molar-refractivity contribution in [3.63, 3.8) is 0 Å². The maximum absolute atomic E-state index is 11.1. The molecule has 3 aromatic rings. The first kappa shape index (κ1) is 17.1. The van der Waals surface area contributed by atoms with Crippen LogP contribution in [-0.2, 0) is 4.79 Å². The van der Waals surface area contributed by atoms with Crippen LogP contribution < -0.4 is 4.74 Å². The predicted molar refractivity (Wildman–Crippen MR) is 96.9 cm³/mol. The molecule has 0 aliphatic rings. The minimum atomic E-state index is -1.04. The number of nitrogens with zero attached hydrogens (tertiary/aromatic N) is 2. The van der Waals surface area contributed by atoms with E-state index in [4.69, 9.17) is 9.84 Å². The lowest BCUT2D eigenvalue weighted by atomic mass is 10.1. The quantitative estimate of drug-likeness (QED) is 0.536. The van der Waals surface area contributed by atoms with E-state index < -0.39 is 17.5 Å². The van der Waals surface area contributed by atoms with E-state index in [0.29, 0.717) is 22.3 Å². The lowest BCUT2D eigenvalue weighted by Gasteiger charge is -2.03. The average molecular weight is 350 g/mol. The van der Waals surface area contributed by atoms with Crippen LogP contribution in [0.4, 0.5) is 5.69 Å². The topological polar surface area (TPSA) is 103 Å². The zero-order chi connectivity index (χ0) is 18.5. The third kappa shape index (κ3) is 4.02. The third-order valence-corrected chi connectivity index (χ3v) is 3.61. The van der Waals surface area contributed by atoms with Crippen molar-refractivity contribution in [1.82, 2.24) is 4.98 Å². The van der Waals surface area contributed by atoms with Crippen LogP contribution in [0, 0.1) is 10.1 Å². The Morgan fingerprint density at radius 1 is 1.12 bits per heavy atom. The zero-order valence-corrected chi connectivity index (χ0v) is 13.5. The summed E-state index contributed by atoms with van der Waals surface area (Å²) < 4.78 is 5.07. The normalized spacial score (nSPS) is 10.9. The van der Waals surface area contributed by atoms with Gasteiger partial charge in [0, 0.05) is 11.5 Å². The number of ether oxygens (including phenoxy) is 1. The molecule has 0 spiro atoms. The van der Waals surface area contributed by atoms with E-state index in [9.17, 15) is 14.9 Å². The molecular formula is C19H14N2O5. The van der Waals surface area contributed by atoms with Crippen molar-refractivity contribution in [2.75, 3.05) is 6.61 Å². The van der Waals surface area contributed by atoms with Crippen LogP contribution in [0.1, 0.15) is 11.3 Å². The van der Waals surface area contributed by atoms with Gasteiger partial charge in [0.25, 0.3) is 5.69 Å². The van der Waals surface area contributed by atoms with Crippen LogP contribution in [0.25, 0.3) is 23.1 Å². The number of fused-ring (bicyclic) bond motifs is 1. The van der Waals surface area contributed by atoms with Gasteiger partial charge in [-0.25, -0.2) is 9.78 Å². The fourth-order valence-electron chi connectivity index (χ4n) is 2.39. The predicted octanol–water partition coefficient (Wildman–Crippen LogP) is 3.78. The van der Waals surface area contributed by atoms with E-state index in [1.54, 1.807) is 54.6 Å². The molecule has 1 heterocycles. The molecule has 7 heteroatoms. The molecule has 130 valence electrons. The van der Waals surface area contributed by atoms with Crippen molar-refractivity contribution in [3.05, 3.63) is 76.0 Å². The van der Waals surface area contributed by atoms with Gasteiger partial charge < -0.3 is 9.84 Å². The summed E-state index contributed by atoms with van der Waals surface area (Å²) >= 11 is 0. The SMILES string of the molecule is O=C(O)COc1ccc(/C=C/c2ccc3cccc([N+](=O)[O-])c3n2)cc1. The van der Waals surface area contributed by atoms with Gasteiger partial charge in [-0.15, -0.1) is 0 Å². The molecule has 0 aliphatic heterocycles. The van der Waals surface area contributed by atoms with Gasteiger partial charge in [0.1, 0.15) is 11.3 Å². The minimum Gasteiger partial charge on any atom is -0.482 e. The number of benzene rings is 2. The highest BCUT2D eigenvalue weighted by Crippen LogP contribution is 2.24. The summed E-state index contributed by atoms with van der Waals surface area (Å²) in [5.41, 5.74) is 1.77. The van der Waals surface area contributed by atoms with Crippen molar-refractivity contribution in [2.45, 2.75) is 0 Å². The van der Waals surface area contributed by atoms with Crippen LogP contribution in [-0.4, -0.2) is 27.6 Å². The van der Waals surface area contributed by atoms with Crippen LogP contribution in [0.5, 0.6) is 5.75 Å². The molecule has 0 unspecified atom stereocenters. The van der Waals surface area contributed by atoms with Gasteiger partial charge in [0.05, 0.1) is 10.6 Å². The molecule has 0 fully saturated rings. The van der Waals surface area contributed by atoms with E-state index >= 15 is 0 Å². The van der Waals surface area contributed by atoms with Gasteiger partial charge in [-0.05, 0) is 29.8 Å². The molecule has 0 saturated carbocycles. The fraction of sp³-hybridized carbons (Fsp3) is 0.0526. The lowest BCUT2D eigenvalue weighted by Crippen LogP contribution is -2.09. The summed E-state index contributed by atoms with van der Waals surface area (Å²) in [6.07, 6.45) is 3.56. The summed E-state index contributed by atoms with van der Waals surface area (Å²) in [5, 5.41) is 20.4. The first-order valence-corrected chi connectivity index (χ1v) is 7.70. The Balaban J connectivity index is 1.81. The summed E-state index contributed by atoms with van der Waals surface area (Å²) in [4.78, 5) is 25.5. The van der Waals surface area contributed by atoms with Crippen LogP contribution in [0.2, 0.25) is 0 Å². The second-order valence-corrected chi connectivity index (χ2v) is 5.43. The Kier molecular flexibility index (Phi) is 4.89. The number of aliphatic carboxylic acids is 1. The van der Waals surface area contributed by atoms with Crippen LogP contribution in [0.15, 0.2) is 54.6 Å². The number of rotatable bonds is 6. The molecule has 1 aromatic heterocycles. The molecular weight excluding hydrogens is 336 g/mol. The molecule has 0 atom stereocenters. The maximum Gasteiger partial charge on any atom is 0.341 e. The Hall–Kier alpha value is -3.74. The number of nitro benzene ring substituents is 1. The summed E-state index contributed by atoms with van der Waals surface area (Å²) in [6.45, 7) is -0.394. The molecule has 2 aromatic carbocycles. The van der Waals surface area contributed by atoms with Gasteiger partial charge in [0.2, 0.25) is 0 Å². The summed E-state index contributed by atoms with van der Waals surface area (Å²) in [5.74, 6) is -0.575. The van der Waals surface area contributed by atoms with Gasteiger partial charge in [-0.3, -0.25) is 10.1 Å². The molecule has 0 aliphatic carbocycles. The number of hydrogen-bond donors (Lipinski definition) is 1. The van der Waals surface area contributed by atoms with Gasteiger partial charge in [-0.2, -0.15) is 0 Å². The number of carboxylic acid groups (broad SMARTS) is 1. The number of hydrogen-bond acceptors (Lipinski definition) is 5. The number of carbonyl (C=O) groups is 1. The maximum atomic E-state index is 11.1. The monoisotopic (exact) mass is 350 g/mol. The van der Waals surface area contributed by atoms with Crippen LogP contribution >= 0.6 is 0 Å². The number of nitro groups is 1. The molecule has 3 rings (SSSR count). The standard InChI is InChI=1S/C19H14N2O5/c22-18(23)12-26-16-10-5-13(6-11-16)4-8-15-9-7-14-2-1-3-17(21(24)25)19(14)20-15/h1-11H,12H2,(H,22,23)/b8-4+.